The molecule has 1 amide bonds. The summed E-state index contributed by atoms with van der Waals surface area (Å²) in [7, 11) is 0. The number of hydrogen-bond donors (Lipinski definition) is 1. The van der Waals surface area contributed by atoms with E-state index in [1.807, 2.05) is 0 Å². The van der Waals surface area contributed by atoms with Crippen molar-refractivity contribution in [3.05, 3.63) is 44.2 Å². The Balaban J connectivity index is 1.68. The highest BCUT2D eigenvalue weighted by Gasteiger charge is 2.24. The molecule has 25 heavy (non-hydrogen) atoms. The Hall–Kier alpha value is -1.74. The number of benzene rings is 1. The van der Waals surface area contributed by atoms with Crippen molar-refractivity contribution in [1.29, 1.82) is 5.26 Å². The molecule has 0 saturated carbocycles. The van der Waals surface area contributed by atoms with Crippen molar-refractivity contribution in [2.75, 3.05) is 11.9 Å². The number of anilines is 1. The van der Waals surface area contributed by atoms with Crippen LogP contribution in [0.1, 0.15) is 29.3 Å². The number of halogens is 2. The summed E-state index contributed by atoms with van der Waals surface area (Å²) in [5.74, 6) is 0.673. The summed E-state index contributed by atoms with van der Waals surface area (Å²) < 4.78 is 5.44. The Morgan fingerprint density at radius 1 is 1.48 bits per heavy atom. The number of carbonyl (C=O) groups is 1. The minimum absolute atomic E-state index is 0.189. The molecule has 1 aliphatic rings. The molecule has 3 rings (SSSR count). The van der Waals surface area contributed by atoms with Crippen LogP contribution < -0.4 is 10.1 Å². The zero-order valence-electron chi connectivity index (χ0n) is 13.6. The monoisotopic (exact) mass is 394 g/mol. The maximum atomic E-state index is 12.2. The molecular formula is C18H16Cl2N2O2S. The van der Waals surface area contributed by atoms with Gasteiger partial charge in [-0.15, -0.1) is 11.3 Å². The Bertz CT molecular complexity index is 857. The molecule has 2 aromatic rings. The molecular weight excluding hydrogens is 379 g/mol. The van der Waals surface area contributed by atoms with Gasteiger partial charge in [0.2, 0.25) is 0 Å². The van der Waals surface area contributed by atoms with Crippen LogP contribution in [-0.4, -0.2) is 12.5 Å². The molecule has 1 heterocycles. The van der Waals surface area contributed by atoms with Crippen molar-refractivity contribution in [2.24, 2.45) is 5.92 Å². The van der Waals surface area contributed by atoms with Crippen LogP contribution in [-0.2, 0) is 17.6 Å². The van der Waals surface area contributed by atoms with E-state index in [1.165, 1.54) is 16.2 Å². The number of carbonyl (C=O) groups excluding carboxylic acids is 1. The molecule has 0 saturated heterocycles. The van der Waals surface area contributed by atoms with Gasteiger partial charge in [0.1, 0.15) is 16.8 Å². The number of nitrogens with zero attached hydrogens (tertiary/aromatic N) is 1. The first-order valence-corrected chi connectivity index (χ1v) is 9.47. The SMILES string of the molecule is CC1CCc2c(sc(NC(=O)COc3ccc(Cl)cc3Cl)c2C#N)C1. The first-order chi connectivity index (χ1) is 12.0. The molecule has 0 fully saturated rings. The van der Waals surface area contributed by atoms with Crippen molar-refractivity contribution >= 4 is 45.4 Å². The second-order valence-corrected chi connectivity index (χ2v) is 8.03. The Labute approximate surface area is 160 Å². The van der Waals surface area contributed by atoms with Crippen LogP contribution in [0.25, 0.3) is 0 Å². The molecule has 0 aliphatic heterocycles. The second kappa shape index (κ2) is 7.65. The van der Waals surface area contributed by atoms with Crippen molar-refractivity contribution in [1.82, 2.24) is 0 Å². The lowest BCUT2D eigenvalue weighted by atomic mass is 9.89. The zero-order valence-corrected chi connectivity index (χ0v) is 15.9. The first kappa shape index (κ1) is 18.1. The van der Waals surface area contributed by atoms with Gasteiger partial charge in [0, 0.05) is 9.90 Å². The average molecular weight is 395 g/mol. The molecule has 130 valence electrons. The van der Waals surface area contributed by atoms with Gasteiger partial charge in [0.15, 0.2) is 6.61 Å². The van der Waals surface area contributed by atoms with Crippen LogP contribution in [0, 0.1) is 17.2 Å². The highest BCUT2D eigenvalue weighted by molar-refractivity contribution is 7.16. The molecule has 1 aliphatic carbocycles. The van der Waals surface area contributed by atoms with E-state index in [1.54, 1.807) is 18.2 Å². The van der Waals surface area contributed by atoms with Gasteiger partial charge in [0.25, 0.3) is 5.91 Å². The molecule has 1 unspecified atom stereocenters. The normalized spacial score (nSPS) is 16.0. The number of thiophene rings is 1. The number of ether oxygens (including phenoxy) is 1. The van der Waals surface area contributed by atoms with Crippen LogP contribution in [0.15, 0.2) is 18.2 Å². The zero-order chi connectivity index (χ0) is 18.0. The Morgan fingerprint density at radius 2 is 2.28 bits per heavy atom. The van der Waals surface area contributed by atoms with Crippen molar-refractivity contribution in [3.8, 4) is 11.8 Å². The van der Waals surface area contributed by atoms with Gasteiger partial charge in [-0.3, -0.25) is 4.79 Å². The van der Waals surface area contributed by atoms with E-state index in [2.05, 4.69) is 18.3 Å². The fourth-order valence-electron chi connectivity index (χ4n) is 2.86. The number of rotatable bonds is 4. The lowest BCUT2D eigenvalue weighted by molar-refractivity contribution is -0.118. The number of amides is 1. The van der Waals surface area contributed by atoms with E-state index in [-0.39, 0.29) is 12.5 Å². The first-order valence-electron chi connectivity index (χ1n) is 7.90. The fourth-order valence-corrected chi connectivity index (χ4v) is 4.70. The van der Waals surface area contributed by atoms with Gasteiger partial charge in [-0.25, -0.2) is 0 Å². The van der Waals surface area contributed by atoms with Gasteiger partial charge in [-0.05, 0) is 48.9 Å². The van der Waals surface area contributed by atoms with E-state index < -0.39 is 0 Å². The number of hydrogen-bond acceptors (Lipinski definition) is 4. The van der Waals surface area contributed by atoms with Crippen molar-refractivity contribution in [3.63, 3.8) is 0 Å². The summed E-state index contributed by atoms with van der Waals surface area (Å²) in [6.45, 7) is 2.02. The lowest BCUT2D eigenvalue weighted by Crippen LogP contribution is -2.20. The van der Waals surface area contributed by atoms with Gasteiger partial charge >= 0.3 is 0 Å². The maximum absolute atomic E-state index is 12.2. The molecule has 0 radical (unpaired) electrons. The van der Waals surface area contributed by atoms with Crippen LogP contribution >= 0.6 is 34.5 Å². The minimum Gasteiger partial charge on any atom is -0.482 e. The predicted octanol–water partition coefficient (Wildman–Crippen LogP) is 5.07. The third-order valence-electron chi connectivity index (χ3n) is 4.13. The van der Waals surface area contributed by atoms with Gasteiger partial charge in [0.05, 0.1) is 10.6 Å². The van der Waals surface area contributed by atoms with Crippen LogP contribution in [0.2, 0.25) is 10.0 Å². The molecule has 1 N–H and O–H groups in total. The molecule has 0 bridgehead atoms. The van der Waals surface area contributed by atoms with Crippen LogP contribution in [0.3, 0.4) is 0 Å². The predicted molar refractivity (Wildman–Crippen MR) is 101 cm³/mol. The highest BCUT2D eigenvalue weighted by Crippen LogP contribution is 2.39. The largest absolute Gasteiger partial charge is 0.482 e. The topological polar surface area (TPSA) is 62.1 Å². The summed E-state index contributed by atoms with van der Waals surface area (Å²) in [4.78, 5) is 13.4. The Morgan fingerprint density at radius 3 is 3.00 bits per heavy atom. The summed E-state index contributed by atoms with van der Waals surface area (Å²) >= 11 is 13.3. The summed E-state index contributed by atoms with van der Waals surface area (Å²) in [6, 6.07) is 7.04. The van der Waals surface area contributed by atoms with Gasteiger partial charge in [-0.1, -0.05) is 30.1 Å². The summed E-state index contributed by atoms with van der Waals surface area (Å²) in [5, 5.41) is 13.7. The van der Waals surface area contributed by atoms with E-state index in [9.17, 15) is 10.1 Å². The standard InChI is InChI=1S/C18H16Cl2N2O2S/c1-10-2-4-12-13(8-21)18(25-16(12)6-10)22-17(23)9-24-15-5-3-11(19)7-14(15)20/h3,5,7,10H,2,4,6,9H2,1H3,(H,22,23). The highest BCUT2D eigenvalue weighted by atomic mass is 35.5. The van der Waals surface area contributed by atoms with Crippen molar-refractivity contribution in [2.45, 2.75) is 26.2 Å². The van der Waals surface area contributed by atoms with E-state index >= 15 is 0 Å². The summed E-state index contributed by atoms with van der Waals surface area (Å²) in [6.07, 6.45) is 2.92. The molecule has 7 heteroatoms. The van der Waals surface area contributed by atoms with Gasteiger partial charge < -0.3 is 10.1 Å². The molecule has 1 aromatic carbocycles. The van der Waals surface area contributed by atoms with E-state index in [4.69, 9.17) is 27.9 Å². The summed E-state index contributed by atoms with van der Waals surface area (Å²) in [5.41, 5.74) is 1.67. The molecule has 1 aromatic heterocycles. The number of nitriles is 1. The molecule has 1 atom stereocenters. The van der Waals surface area contributed by atoms with E-state index in [0.717, 1.165) is 24.8 Å². The molecule has 4 nitrogen and oxygen atoms in total. The third kappa shape index (κ3) is 4.09. The van der Waals surface area contributed by atoms with Crippen LogP contribution in [0.5, 0.6) is 5.75 Å². The number of nitrogens with one attached hydrogen (secondary N) is 1. The molecule has 0 spiro atoms. The third-order valence-corrected chi connectivity index (χ3v) is 5.83. The maximum Gasteiger partial charge on any atom is 0.262 e. The smallest absolute Gasteiger partial charge is 0.262 e. The van der Waals surface area contributed by atoms with Crippen molar-refractivity contribution < 1.29 is 9.53 Å². The second-order valence-electron chi connectivity index (χ2n) is 6.08. The lowest BCUT2D eigenvalue weighted by Gasteiger charge is -2.17. The average Bonchev–Trinajstić information content (AvgIpc) is 2.89. The minimum atomic E-state index is -0.325. The quantitative estimate of drug-likeness (QED) is 0.786. The van der Waals surface area contributed by atoms with E-state index in [0.29, 0.717) is 32.3 Å². The van der Waals surface area contributed by atoms with Crippen LogP contribution in [0.4, 0.5) is 5.00 Å². The van der Waals surface area contributed by atoms with Gasteiger partial charge in [-0.2, -0.15) is 5.26 Å². The fraction of sp³-hybridized carbons (Fsp3) is 0.333. The number of fused-ring (bicyclic) bond motifs is 1. The Kier molecular flexibility index (Phi) is 5.53.